The molecule has 0 bridgehead atoms. The van der Waals surface area contributed by atoms with Crippen molar-refractivity contribution in [3.8, 4) is 17.3 Å². The van der Waals surface area contributed by atoms with E-state index in [2.05, 4.69) is 5.10 Å². The molecule has 1 amide bonds. The van der Waals surface area contributed by atoms with Gasteiger partial charge in [-0.2, -0.15) is 5.10 Å². The first kappa shape index (κ1) is 24.1. The smallest absolute Gasteiger partial charge is 0.264 e. The van der Waals surface area contributed by atoms with Gasteiger partial charge in [0, 0.05) is 19.2 Å². The molecule has 3 heterocycles. The normalized spacial score (nSPS) is 15.2. The minimum Gasteiger partial charge on any atom is -0.435 e. The predicted molar refractivity (Wildman–Crippen MR) is 133 cm³/mol. The van der Waals surface area contributed by atoms with Crippen molar-refractivity contribution in [1.82, 2.24) is 14.7 Å². The molecule has 1 saturated heterocycles. The molecule has 0 radical (unpaired) electrons. The summed E-state index contributed by atoms with van der Waals surface area (Å²) < 4.78 is 41.5. The van der Waals surface area contributed by atoms with Crippen LogP contribution in [-0.4, -0.2) is 39.8 Å². The minimum absolute atomic E-state index is 0.0581. The molecule has 1 aliphatic rings. The van der Waals surface area contributed by atoms with Gasteiger partial charge >= 0.3 is 0 Å². The lowest BCUT2D eigenvalue weighted by Gasteiger charge is -2.25. The fourth-order valence-corrected chi connectivity index (χ4v) is 4.92. The molecule has 9 heteroatoms. The highest BCUT2D eigenvalue weighted by molar-refractivity contribution is 7.12. The Balaban J connectivity index is 1.55. The summed E-state index contributed by atoms with van der Waals surface area (Å²) in [6.45, 7) is 3.10. The van der Waals surface area contributed by atoms with E-state index >= 15 is 0 Å². The van der Waals surface area contributed by atoms with Crippen molar-refractivity contribution in [3.63, 3.8) is 0 Å². The summed E-state index contributed by atoms with van der Waals surface area (Å²) in [6, 6.07) is 16.1. The number of aromatic nitrogens is 2. The lowest BCUT2D eigenvalue weighted by molar-refractivity contribution is 0.0509. The maximum Gasteiger partial charge on any atom is 0.264 e. The first-order valence-corrected chi connectivity index (χ1v) is 12.6. The van der Waals surface area contributed by atoms with Gasteiger partial charge in [0.2, 0.25) is 5.88 Å². The molecular weight excluding hydrogens is 484 g/mol. The Bertz CT molecular complexity index is 1340. The lowest BCUT2D eigenvalue weighted by Crippen LogP contribution is -2.36. The number of halogens is 2. The Kier molecular flexibility index (Phi) is 7.11. The van der Waals surface area contributed by atoms with E-state index in [1.165, 1.54) is 17.4 Å². The average Bonchev–Trinajstić information content (AvgIpc) is 3.64. The first-order chi connectivity index (χ1) is 17.5. The summed E-state index contributed by atoms with van der Waals surface area (Å²) in [5, 5.41) is 6.52. The fourth-order valence-electron chi connectivity index (χ4n) is 4.23. The molecule has 5 rings (SSSR count). The molecule has 186 valence electrons. The van der Waals surface area contributed by atoms with E-state index in [4.69, 9.17) is 9.47 Å². The molecule has 0 saturated carbocycles. The standard InChI is InChI=1S/C27H25F2N3O3S/c1-18-22(17-31(16-21-9-5-13-34-21)26(33)25-10-6-14-36-25)27(32(30-18)20-7-3-2-4-8-20)35-24-12-11-19(28)15-23(24)29/h2-4,6-8,10-12,14-15,21H,5,9,13,16-17H2,1H3/t21-/m1/s1. The van der Waals surface area contributed by atoms with Crippen molar-refractivity contribution in [2.45, 2.75) is 32.4 Å². The Morgan fingerprint density at radius 1 is 1.19 bits per heavy atom. The molecule has 2 aromatic heterocycles. The summed E-state index contributed by atoms with van der Waals surface area (Å²) in [4.78, 5) is 15.8. The number of hydrogen-bond donors (Lipinski definition) is 0. The number of aryl methyl sites for hydroxylation is 1. The molecule has 1 aliphatic heterocycles. The van der Waals surface area contributed by atoms with E-state index < -0.39 is 11.6 Å². The van der Waals surface area contributed by atoms with Crippen molar-refractivity contribution in [2.75, 3.05) is 13.2 Å². The van der Waals surface area contributed by atoms with Crippen LogP contribution in [0.3, 0.4) is 0 Å². The third-order valence-corrected chi connectivity index (χ3v) is 6.91. The molecule has 0 aliphatic carbocycles. The van der Waals surface area contributed by atoms with E-state index in [9.17, 15) is 13.6 Å². The van der Waals surface area contributed by atoms with Crippen LogP contribution in [0.25, 0.3) is 5.69 Å². The monoisotopic (exact) mass is 509 g/mol. The third-order valence-electron chi connectivity index (χ3n) is 6.05. The molecule has 4 aromatic rings. The number of thiophene rings is 1. The molecule has 6 nitrogen and oxygen atoms in total. The van der Waals surface area contributed by atoms with Gasteiger partial charge in [0.1, 0.15) is 5.82 Å². The topological polar surface area (TPSA) is 56.6 Å². The summed E-state index contributed by atoms with van der Waals surface area (Å²) in [7, 11) is 0. The van der Waals surface area contributed by atoms with Crippen molar-refractivity contribution < 1.29 is 23.0 Å². The number of carbonyl (C=O) groups is 1. The average molecular weight is 510 g/mol. The SMILES string of the molecule is Cc1nn(-c2ccccc2)c(Oc2ccc(F)cc2F)c1CN(C[C@H]1CCCO1)C(=O)c1cccs1. The maximum absolute atomic E-state index is 14.6. The van der Waals surface area contributed by atoms with Gasteiger partial charge < -0.3 is 14.4 Å². The molecule has 36 heavy (non-hydrogen) atoms. The van der Waals surface area contributed by atoms with E-state index in [1.54, 1.807) is 15.6 Å². The molecule has 1 atom stereocenters. The van der Waals surface area contributed by atoms with Crippen LogP contribution in [-0.2, 0) is 11.3 Å². The lowest BCUT2D eigenvalue weighted by atomic mass is 10.2. The van der Waals surface area contributed by atoms with Crippen molar-refractivity contribution in [2.24, 2.45) is 0 Å². The fraction of sp³-hybridized carbons (Fsp3) is 0.259. The van der Waals surface area contributed by atoms with Crippen LogP contribution in [0.4, 0.5) is 8.78 Å². The van der Waals surface area contributed by atoms with E-state index in [0.717, 1.165) is 25.0 Å². The number of para-hydroxylation sites is 1. The van der Waals surface area contributed by atoms with Crippen LogP contribution < -0.4 is 4.74 Å². The summed E-state index contributed by atoms with van der Waals surface area (Å²) >= 11 is 1.38. The number of amides is 1. The Labute approximate surface area is 211 Å². The molecule has 1 fully saturated rings. The number of ether oxygens (including phenoxy) is 2. The van der Waals surface area contributed by atoms with Crippen molar-refractivity contribution >= 4 is 17.2 Å². The second kappa shape index (κ2) is 10.6. The number of hydrogen-bond acceptors (Lipinski definition) is 5. The van der Waals surface area contributed by atoms with E-state index in [-0.39, 0.29) is 30.2 Å². The molecule has 0 unspecified atom stereocenters. The van der Waals surface area contributed by atoms with Crippen LogP contribution in [0.2, 0.25) is 0 Å². The van der Waals surface area contributed by atoms with Gasteiger partial charge in [-0.3, -0.25) is 4.79 Å². The van der Waals surface area contributed by atoms with Crippen molar-refractivity contribution in [1.29, 1.82) is 0 Å². The summed E-state index contributed by atoms with van der Waals surface area (Å²) in [5.74, 6) is -1.51. The van der Waals surface area contributed by atoms with Crippen LogP contribution in [0, 0.1) is 18.6 Å². The van der Waals surface area contributed by atoms with Crippen LogP contribution in [0.5, 0.6) is 11.6 Å². The van der Waals surface area contributed by atoms with Gasteiger partial charge in [-0.1, -0.05) is 24.3 Å². The largest absolute Gasteiger partial charge is 0.435 e. The highest BCUT2D eigenvalue weighted by Gasteiger charge is 2.28. The van der Waals surface area contributed by atoms with Gasteiger partial charge in [-0.25, -0.2) is 13.5 Å². The Morgan fingerprint density at radius 3 is 2.72 bits per heavy atom. The van der Waals surface area contributed by atoms with E-state index in [0.29, 0.717) is 35.0 Å². The number of rotatable bonds is 8. The van der Waals surface area contributed by atoms with Gasteiger partial charge in [0.05, 0.1) is 34.5 Å². The van der Waals surface area contributed by atoms with Crippen molar-refractivity contribution in [3.05, 3.63) is 93.8 Å². The minimum atomic E-state index is -0.828. The molecule has 2 aromatic carbocycles. The molecular formula is C27H25F2N3O3S. The zero-order chi connectivity index (χ0) is 25.1. The van der Waals surface area contributed by atoms with Gasteiger partial charge in [0.25, 0.3) is 5.91 Å². The van der Waals surface area contributed by atoms with E-state index in [1.807, 2.05) is 48.7 Å². The Hall–Kier alpha value is -3.56. The van der Waals surface area contributed by atoms with Crippen LogP contribution in [0.1, 0.15) is 33.8 Å². The van der Waals surface area contributed by atoms with Gasteiger partial charge in [-0.15, -0.1) is 11.3 Å². The molecule has 0 spiro atoms. The van der Waals surface area contributed by atoms with Crippen LogP contribution >= 0.6 is 11.3 Å². The van der Waals surface area contributed by atoms with Gasteiger partial charge in [0.15, 0.2) is 11.6 Å². The molecule has 0 N–H and O–H groups in total. The second-order valence-electron chi connectivity index (χ2n) is 8.59. The highest BCUT2D eigenvalue weighted by Crippen LogP contribution is 2.33. The second-order valence-corrected chi connectivity index (χ2v) is 9.54. The zero-order valence-corrected chi connectivity index (χ0v) is 20.5. The third kappa shape index (κ3) is 5.17. The maximum atomic E-state index is 14.6. The number of carbonyl (C=O) groups excluding carboxylic acids is 1. The first-order valence-electron chi connectivity index (χ1n) is 11.7. The summed E-state index contributed by atoms with van der Waals surface area (Å²) in [5.41, 5.74) is 1.97. The number of benzene rings is 2. The summed E-state index contributed by atoms with van der Waals surface area (Å²) in [6.07, 6.45) is 1.77. The quantitative estimate of drug-likeness (QED) is 0.287. The highest BCUT2D eigenvalue weighted by atomic mass is 32.1. The van der Waals surface area contributed by atoms with Crippen LogP contribution in [0.15, 0.2) is 66.0 Å². The zero-order valence-electron chi connectivity index (χ0n) is 19.7. The number of nitrogens with zero attached hydrogens (tertiary/aromatic N) is 3. The Morgan fingerprint density at radius 2 is 2.03 bits per heavy atom. The predicted octanol–water partition coefficient (Wildman–Crippen LogP) is 6.13. The van der Waals surface area contributed by atoms with Gasteiger partial charge in [-0.05, 0) is 55.5 Å².